The molecule has 1 aromatic heterocycles. The van der Waals surface area contributed by atoms with E-state index in [1.54, 1.807) is 18.2 Å². The SMILES string of the molecule is CC(C)C#Cc1ccc(-c2ncc(C(=O)O)s2)cc1C#N. The Morgan fingerprint density at radius 1 is 1.38 bits per heavy atom. The van der Waals surface area contributed by atoms with Crippen LogP contribution in [0.5, 0.6) is 0 Å². The second-order valence-electron chi connectivity index (χ2n) is 4.63. The van der Waals surface area contributed by atoms with Crippen LogP contribution in [0.25, 0.3) is 10.6 Å². The Balaban J connectivity index is 2.42. The van der Waals surface area contributed by atoms with Crippen molar-refractivity contribution in [3.05, 3.63) is 40.4 Å². The lowest BCUT2D eigenvalue weighted by atomic mass is 10.0. The van der Waals surface area contributed by atoms with E-state index in [2.05, 4.69) is 22.9 Å². The van der Waals surface area contributed by atoms with Crippen molar-refractivity contribution in [1.29, 1.82) is 5.26 Å². The Hall–Kier alpha value is -2.63. The van der Waals surface area contributed by atoms with Crippen LogP contribution in [0.3, 0.4) is 0 Å². The quantitative estimate of drug-likeness (QED) is 0.862. The summed E-state index contributed by atoms with van der Waals surface area (Å²) < 4.78 is 0. The number of hydrogen-bond donors (Lipinski definition) is 1. The second kappa shape index (κ2) is 6.21. The van der Waals surface area contributed by atoms with Crippen LogP contribution in [-0.4, -0.2) is 16.1 Å². The summed E-state index contributed by atoms with van der Waals surface area (Å²) in [4.78, 5) is 15.1. The number of carbonyl (C=O) groups is 1. The third-order valence-corrected chi connectivity index (χ3v) is 3.63. The number of nitriles is 1. The first-order valence-electron chi connectivity index (χ1n) is 6.26. The van der Waals surface area contributed by atoms with Crippen molar-refractivity contribution >= 4 is 17.3 Å². The highest BCUT2D eigenvalue weighted by molar-refractivity contribution is 7.16. The van der Waals surface area contributed by atoms with Gasteiger partial charge in [-0.2, -0.15) is 5.26 Å². The number of nitrogens with zero attached hydrogens (tertiary/aromatic N) is 2. The van der Waals surface area contributed by atoms with Gasteiger partial charge in [0.1, 0.15) is 16.0 Å². The van der Waals surface area contributed by atoms with E-state index in [0.717, 1.165) is 16.9 Å². The molecule has 0 saturated carbocycles. The third kappa shape index (κ3) is 3.47. The average molecular weight is 296 g/mol. The van der Waals surface area contributed by atoms with Gasteiger partial charge in [0, 0.05) is 17.0 Å². The zero-order chi connectivity index (χ0) is 15.4. The van der Waals surface area contributed by atoms with Crippen molar-refractivity contribution in [2.24, 2.45) is 5.92 Å². The van der Waals surface area contributed by atoms with E-state index in [9.17, 15) is 10.1 Å². The molecule has 0 radical (unpaired) electrons. The van der Waals surface area contributed by atoms with Gasteiger partial charge < -0.3 is 5.11 Å². The minimum Gasteiger partial charge on any atom is -0.477 e. The molecule has 1 N–H and O–H groups in total. The maximum Gasteiger partial charge on any atom is 0.347 e. The lowest BCUT2D eigenvalue weighted by molar-refractivity contribution is 0.0702. The van der Waals surface area contributed by atoms with Crippen molar-refractivity contribution in [3.63, 3.8) is 0 Å². The zero-order valence-corrected chi connectivity index (χ0v) is 12.4. The Morgan fingerprint density at radius 3 is 2.71 bits per heavy atom. The summed E-state index contributed by atoms with van der Waals surface area (Å²) in [6.07, 6.45) is 1.32. The first-order valence-corrected chi connectivity index (χ1v) is 7.08. The molecule has 0 unspecified atom stereocenters. The molecule has 104 valence electrons. The van der Waals surface area contributed by atoms with Crippen LogP contribution >= 0.6 is 11.3 Å². The van der Waals surface area contributed by atoms with Gasteiger partial charge in [-0.25, -0.2) is 9.78 Å². The Bertz CT molecular complexity index is 789. The molecule has 4 nitrogen and oxygen atoms in total. The summed E-state index contributed by atoms with van der Waals surface area (Å²) in [5.41, 5.74) is 1.86. The molecule has 1 aromatic carbocycles. The van der Waals surface area contributed by atoms with Gasteiger partial charge in [0.25, 0.3) is 0 Å². The van der Waals surface area contributed by atoms with Crippen molar-refractivity contribution in [2.45, 2.75) is 13.8 Å². The van der Waals surface area contributed by atoms with Gasteiger partial charge in [-0.05, 0) is 12.1 Å². The van der Waals surface area contributed by atoms with Gasteiger partial charge in [0.05, 0.1) is 11.8 Å². The predicted octanol–water partition coefficient (Wildman–Crippen LogP) is 3.39. The number of aromatic carboxylic acids is 1. The van der Waals surface area contributed by atoms with Gasteiger partial charge in [-0.1, -0.05) is 31.8 Å². The van der Waals surface area contributed by atoms with Crippen LogP contribution in [0.15, 0.2) is 24.4 Å². The van der Waals surface area contributed by atoms with E-state index in [4.69, 9.17) is 5.11 Å². The summed E-state index contributed by atoms with van der Waals surface area (Å²) in [6, 6.07) is 7.38. The van der Waals surface area contributed by atoms with Crippen molar-refractivity contribution in [1.82, 2.24) is 4.98 Å². The van der Waals surface area contributed by atoms with Crippen LogP contribution < -0.4 is 0 Å². The average Bonchev–Trinajstić information content (AvgIpc) is 2.94. The van der Waals surface area contributed by atoms with E-state index < -0.39 is 5.97 Å². The standard InChI is InChI=1S/C16H12N2O2S/c1-10(2)3-4-11-5-6-12(7-13(11)8-17)15-18-9-14(21-15)16(19)20/h5-7,9-10H,1-2H3,(H,19,20). The highest BCUT2D eigenvalue weighted by atomic mass is 32.1. The minimum atomic E-state index is -1.00. The molecule has 0 atom stereocenters. The molecule has 0 aliphatic rings. The number of hydrogen-bond acceptors (Lipinski definition) is 4. The molecule has 2 aromatic rings. The Morgan fingerprint density at radius 2 is 2.14 bits per heavy atom. The van der Waals surface area contributed by atoms with Crippen molar-refractivity contribution in [2.75, 3.05) is 0 Å². The summed E-state index contributed by atoms with van der Waals surface area (Å²) in [5, 5.41) is 18.7. The molecule has 0 amide bonds. The fourth-order valence-electron chi connectivity index (χ4n) is 1.61. The molecule has 0 aliphatic heterocycles. The topological polar surface area (TPSA) is 74.0 Å². The summed E-state index contributed by atoms with van der Waals surface area (Å²) in [7, 11) is 0. The zero-order valence-electron chi connectivity index (χ0n) is 11.5. The lowest BCUT2D eigenvalue weighted by Gasteiger charge is -2.00. The molecule has 0 aliphatic carbocycles. The predicted molar refractivity (Wildman–Crippen MR) is 80.9 cm³/mol. The monoisotopic (exact) mass is 296 g/mol. The van der Waals surface area contributed by atoms with E-state index in [1.165, 1.54) is 6.20 Å². The largest absolute Gasteiger partial charge is 0.477 e. The first-order chi connectivity index (χ1) is 10.0. The number of aromatic nitrogens is 1. The fourth-order valence-corrected chi connectivity index (χ4v) is 2.36. The number of rotatable bonds is 2. The molecule has 0 spiro atoms. The van der Waals surface area contributed by atoms with Gasteiger partial charge in [-0.3, -0.25) is 0 Å². The second-order valence-corrected chi connectivity index (χ2v) is 5.66. The highest BCUT2D eigenvalue weighted by Gasteiger charge is 2.11. The van der Waals surface area contributed by atoms with E-state index in [-0.39, 0.29) is 10.8 Å². The van der Waals surface area contributed by atoms with Crippen LogP contribution in [0, 0.1) is 29.1 Å². The summed E-state index contributed by atoms with van der Waals surface area (Å²) >= 11 is 1.08. The van der Waals surface area contributed by atoms with E-state index >= 15 is 0 Å². The number of benzene rings is 1. The molecule has 2 rings (SSSR count). The smallest absolute Gasteiger partial charge is 0.347 e. The number of carboxylic acids is 1. The summed E-state index contributed by atoms with van der Waals surface area (Å²) in [5.74, 6) is 5.23. The number of carboxylic acid groups (broad SMARTS) is 1. The van der Waals surface area contributed by atoms with Crippen molar-refractivity contribution in [3.8, 4) is 28.5 Å². The van der Waals surface area contributed by atoms with Crippen LogP contribution in [0.2, 0.25) is 0 Å². The normalized spacial score (nSPS) is 9.81. The van der Waals surface area contributed by atoms with Crippen molar-refractivity contribution < 1.29 is 9.90 Å². The molecule has 1 heterocycles. The van der Waals surface area contributed by atoms with E-state index in [0.29, 0.717) is 16.1 Å². The minimum absolute atomic E-state index is 0.173. The highest BCUT2D eigenvalue weighted by Crippen LogP contribution is 2.26. The summed E-state index contributed by atoms with van der Waals surface area (Å²) in [6.45, 7) is 3.97. The molecular weight excluding hydrogens is 284 g/mol. The fraction of sp³-hybridized carbons (Fsp3) is 0.188. The molecule has 0 bridgehead atoms. The Kier molecular flexibility index (Phi) is 4.37. The molecule has 0 fully saturated rings. The third-order valence-electron chi connectivity index (χ3n) is 2.60. The van der Waals surface area contributed by atoms with Gasteiger partial charge in [0.15, 0.2) is 0 Å². The molecular formula is C16H12N2O2S. The first kappa shape index (κ1) is 14.8. The van der Waals surface area contributed by atoms with Crippen LogP contribution in [0.1, 0.15) is 34.6 Å². The van der Waals surface area contributed by atoms with E-state index in [1.807, 2.05) is 13.8 Å². The molecule has 0 saturated heterocycles. The van der Waals surface area contributed by atoms with Gasteiger partial charge in [-0.15, -0.1) is 11.3 Å². The maximum atomic E-state index is 10.9. The van der Waals surface area contributed by atoms with Gasteiger partial charge >= 0.3 is 5.97 Å². The molecule has 5 heteroatoms. The van der Waals surface area contributed by atoms with Crippen LogP contribution in [0.4, 0.5) is 0 Å². The van der Waals surface area contributed by atoms with Gasteiger partial charge in [0.2, 0.25) is 0 Å². The number of thiazole rings is 1. The lowest BCUT2D eigenvalue weighted by Crippen LogP contribution is -1.89. The van der Waals surface area contributed by atoms with Crippen LogP contribution in [-0.2, 0) is 0 Å². The molecule has 21 heavy (non-hydrogen) atoms. The Labute approximate surface area is 126 Å². The maximum absolute atomic E-state index is 10.9.